The molecule has 1 aliphatic rings. The van der Waals surface area contributed by atoms with Crippen molar-refractivity contribution < 1.29 is 19.1 Å². The van der Waals surface area contributed by atoms with Crippen LogP contribution in [0.4, 0.5) is 10.5 Å². The molecule has 28 heavy (non-hydrogen) atoms. The number of hydrogen-bond acceptors (Lipinski definition) is 4. The van der Waals surface area contributed by atoms with Crippen molar-refractivity contribution in [2.24, 2.45) is 0 Å². The molecule has 6 nitrogen and oxygen atoms in total. The molecule has 0 bridgehead atoms. The zero-order valence-electron chi connectivity index (χ0n) is 15.1. The van der Waals surface area contributed by atoms with E-state index in [2.05, 4.69) is 21.2 Å². The predicted octanol–water partition coefficient (Wildman–Crippen LogP) is 4.48. The van der Waals surface area contributed by atoms with Crippen LogP contribution >= 0.6 is 27.5 Å². The largest absolute Gasteiger partial charge is 0.493 e. The predicted molar refractivity (Wildman–Crippen MR) is 111 cm³/mol. The summed E-state index contributed by atoms with van der Waals surface area (Å²) in [6, 6.07) is 9.21. The molecular formula is C20H16BrClN2O4. The van der Waals surface area contributed by atoms with E-state index in [1.54, 1.807) is 30.3 Å². The smallest absolute Gasteiger partial charge is 0.335 e. The third-order valence-electron chi connectivity index (χ3n) is 4.09. The topological polar surface area (TPSA) is 75.7 Å². The average Bonchev–Trinajstić information content (AvgIpc) is 2.63. The zero-order chi connectivity index (χ0) is 20.4. The third kappa shape index (κ3) is 3.95. The van der Waals surface area contributed by atoms with Crippen LogP contribution in [0.1, 0.15) is 18.1 Å². The first-order valence-electron chi connectivity index (χ1n) is 8.41. The highest BCUT2D eigenvalue weighted by Crippen LogP contribution is 2.29. The van der Waals surface area contributed by atoms with Crippen LogP contribution in [0.2, 0.25) is 5.02 Å². The summed E-state index contributed by atoms with van der Waals surface area (Å²) in [4.78, 5) is 38.5. The second-order valence-electron chi connectivity index (χ2n) is 6.01. The van der Waals surface area contributed by atoms with Gasteiger partial charge in [-0.25, -0.2) is 9.69 Å². The molecule has 144 valence electrons. The molecule has 0 spiro atoms. The van der Waals surface area contributed by atoms with E-state index in [0.29, 0.717) is 22.9 Å². The maximum atomic E-state index is 13.0. The van der Waals surface area contributed by atoms with E-state index < -0.39 is 17.8 Å². The Morgan fingerprint density at radius 2 is 1.93 bits per heavy atom. The number of nitrogens with zero attached hydrogens (tertiary/aromatic N) is 1. The molecule has 0 aliphatic carbocycles. The maximum absolute atomic E-state index is 13.0. The van der Waals surface area contributed by atoms with Gasteiger partial charge in [0, 0.05) is 15.1 Å². The highest BCUT2D eigenvalue weighted by Gasteiger charge is 2.37. The molecular weight excluding hydrogens is 448 g/mol. The molecule has 8 heteroatoms. The number of ether oxygens (including phenoxy) is 1. The van der Waals surface area contributed by atoms with Crippen molar-refractivity contribution in [2.45, 2.75) is 13.8 Å². The number of rotatable bonds is 4. The molecule has 0 unspecified atom stereocenters. The Balaban J connectivity index is 2.06. The monoisotopic (exact) mass is 462 g/mol. The van der Waals surface area contributed by atoms with Gasteiger partial charge in [0.1, 0.15) is 11.3 Å². The summed E-state index contributed by atoms with van der Waals surface area (Å²) in [7, 11) is 0. The lowest BCUT2D eigenvalue weighted by Gasteiger charge is -2.26. The normalized spacial score (nSPS) is 15.8. The lowest BCUT2D eigenvalue weighted by atomic mass is 10.1. The number of hydrogen-bond donors (Lipinski definition) is 1. The van der Waals surface area contributed by atoms with Crippen molar-refractivity contribution in [1.29, 1.82) is 0 Å². The fourth-order valence-corrected chi connectivity index (χ4v) is 3.24. The van der Waals surface area contributed by atoms with Gasteiger partial charge in [-0.05, 0) is 55.8 Å². The number of carbonyl (C=O) groups excluding carboxylic acids is 3. The number of aryl methyl sites for hydroxylation is 1. The number of benzene rings is 2. The lowest BCUT2D eigenvalue weighted by molar-refractivity contribution is -0.122. The van der Waals surface area contributed by atoms with Crippen LogP contribution in [-0.4, -0.2) is 24.5 Å². The minimum Gasteiger partial charge on any atom is -0.493 e. The fraction of sp³-hybridized carbons (Fsp3) is 0.150. The SMILES string of the molecule is CCOc1ccc(Br)cc1/C=C1/C(=O)NC(=O)N(c2ccc(C)c(Cl)c2)C1=O. The minimum atomic E-state index is -0.827. The Morgan fingerprint density at radius 3 is 2.61 bits per heavy atom. The molecule has 1 heterocycles. The van der Waals surface area contributed by atoms with Crippen LogP contribution in [0.3, 0.4) is 0 Å². The second kappa shape index (κ2) is 8.16. The number of barbiturate groups is 1. The average molecular weight is 464 g/mol. The summed E-state index contributed by atoms with van der Waals surface area (Å²) in [5.74, 6) is -0.997. The summed E-state index contributed by atoms with van der Waals surface area (Å²) < 4.78 is 6.31. The van der Waals surface area contributed by atoms with E-state index >= 15 is 0 Å². The van der Waals surface area contributed by atoms with Crippen LogP contribution in [0.25, 0.3) is 6.08 Å². The molecule has 1 aliphatic heterocycles. The van der Waals surface area contributed by atoms with Crippen molar-refractivity contribution in [3.8, 4) is 5.75 Å². The van der Waals surface area contributed by atoms with Gasteiger partial charge in [-0.3, -0.25) is 14.9 Å². The molecule has 0 radical (unpaired) electrons. The summed E-state index contributed by atoms with van der Waals surface area (Å²) in [6.07, 6.45) is 1.41. The molecule has 0 atom stereocenters. The second-order valence-corrected chi connectivity index (χ2v) is 7.33. The van der Waals surface area contributed by atoms with Gasteiger partial charge in [0.25, 0.3) is 11.8 Å². The van der Waals surface area contributed by atoms with Gasteiger partial charge < -0.3 is 4.74 Å². The number of amides is 4. The first kappa shape index (κ1) is 20.1. The number of imide groups is 2. The summed E-state index contributed by atoms with van der Waals surface area (Å²) >= 11 is 9.49. The number of anilines is 1. The Hall–Kier alpha value is -2.64. The molecule has 1 saturated heterocycles. The van der Waals surface area contributed by atoms with Gasteiger partial charge in [0.15, 0.2) is 0 Å². The number of urea groups is 1. The van der Waals surface area contributed by atoms with Crippen LogP contribution in [0.15, 0.2) is 46.4 Å². The van der Waals surface area contributed by atoms with E-state index in [-0.39, 0.29) is 11.3 Å². The molecule has 0 aromatic heterocycles. The Bertz CT molecular complexity index is 1020. The van der Waals surface area contributed by atoms with Gasteiger partial charge in [0.2, 0.25) is 0 Å². The fourth-order valence-electron chi connectivity index (χ4n) is 2.69. The van der Waals surface area contributed by atoms with Gasteiger partial charge in [0.05, 0.1) is 12.3 Å². The first-order valence-corrected chi connectivity index (χ1v) is 9.59. The molecule has 2 aromatic carbocycles. The summed E-state index contributed by atoms with van der Waals surface area (Å²) in [5.41, 5.74) is 1.43. The van der Waals surface area contributed by atoms with Crippen molar-refractivity contribution in [3.63, 3.8) is 0 Å². The third-order valence-corrected chi connectivity index (χ3v) is 4.99. The van der Waals surface area contributed by atoms with E-state index in [1.165, 1.54) is 12.1 Å². The Kier molecular flexibility index (Phi) is 5.86. The highest BCUT2D eigenvalue weighted by atomic mass is 79.9. The van der Waals surface area contributed by atoms with Crippen molar-refractivity contribution in [2.75, 3.05) is 11.5 Å². The molecule has 2 aromatic rings. The zero-order valence-corrected chi connectivity index (χ0v) is 17.4. The Labute approximate surface area is 175 Å². The molecule has 0 saturated carbocycles. The summed E-state index contributed by atoms with van der Waals surface area (Å²) in [5, 5.41) is 2.60. The van der Waals surface area contributed by atoms with Crippen molar-refractivity contribution in [1.82, 2.24) is 5.32 Å². The van der Waals surface area contributed by atoms with E-state index in [9.17, 15) is 14.4 Å². The van der Waals surface area contributed by atoms with E-state index in [1.807, 2.05) is 13.8 Å². The quantitative estimate of drug-likeness (QED) is 0.536. The van der Waals surface area contributed by atoms with Gasteiger partial charge in [-0.1, -0.05) is 33.6 Å². The molecule has 1 fully saturated rings. The van der Waals surface area contributed by atoms with E-state index in [4.69, 9.17) is 16.3 Å². The first-order chi connectivity index (χ1) is 13.3. The van der Waals surface area contributed by atoms with Gasteiger partial charge in [-0.2, -0.15) is 0 Å². The van der Waals surface area contributed by atoms with E-state index in [0.717, 1.165) is 14.9 Å². The number of halogens is 2. The maximum Gasteiger partial charge on any atom is 0.335 e. The van der Waals surface area contributed by atoms with Crippen LogP contribution in [0.5, 0.6) is 5.75 Å². The van der Waals surface area contributed by atoms with Crippen LogP contribution < -0.4 is 15.0 Å². The minimum absolute atomic E-state index is 0.185. The van der Waals surface area contributed by atoms with Gasteiger partial charge >= 0.3 is 6.03 Å². The Morgan fingerprint density at radius 1 is 1.18 bits per heavy atom. The molecule has 4 amide bonds. The summed E-state index contributed by atoms with van der Waals surface area (Å²) in [6.45, 7) is 4.06. The molecule has 3 rings (SSSR count). The standard InChI is InChI=1S/C20H16BrClN2O4/c1-3-28-17-7-5-13(21)8-12(17)9-15-18(25)23-20(27)24(19(15)26)14-6-4-11(2)16(22)10-14/h4-10H,3H2,1-2H3,(H,23,25,27)/b15-9-. The van der Waals surface area contributed by atoms with Crippen molar-refractivity contribution >= 4 is 57.1 Å². The van der Waals surface area contributed by atoms with Crippen LogP contribution in [0, 0.1) is 6.92 Å². The van der Waals surface area contributed by atoms with Crippen molar-refractivity contribution in [3.05, 3.63) is 62.6 Å². The number of nitrogens with one attached hydrogen (secondary N) is 1. The lowest BCUT2D eigenvalue weighted by Crippen LogP contribution is -2.54. The molecule has 1 N–H and O–H groups in total. The van der Waals surface area contributed by atoms with Crippen LogP contribution in [-0.2, 0) is 9.59 Å². The van der Waals surface area contributed by atoms with Gasteiger partial charge in [-0.15, -0.1) is 0 Å². The highest BCUT2D eigenvalue weighted by molar-refractivity contribution is 9.10. The number of carbonyl (C=O) groups is 3.